The van der Waals surface area contributed by atoms with Crippen molar-refractivity contribution in [1.29, 1.82) is 0 Å². The highest BCUT2D eigenvalue weighted by Crippen LogP contribution is 2.36. The first-order valence-corrected chi connectivity index (χ1v) is 7.87. The molecule has 0 radical (unpaired) electrons. The van der Waals surface area contributed by atoms with Gasteiger partial charge in [0, 0.05) is 30.8 Å². The van der Waals surface area contributed by atoms with E-state index >= 15 is 0 Å². The Bertz CT molecular complexity index is 427. The van der Waals surface area contributed by atoms with Crippen molar-refractivity contribution in [2.24, 2.45) is 16.6 Å². The molecule has 0 atom stereocenters. The predicted molar refractivity (Wildman–Crippen MR) is 94.8 cm³/mol. The molecule has 3 nitrogen and oxygen atoms in total. The summed E-state index contributed by atoms with van der Waals surface area (Å²) < 4.78 is 26.0. The third kappa shape index (κ3) is 6.90. The summed E-state index contributed by atoms with van der Waals surface area (Å²) in [6.45, 7) is 1.30. The van der Waals surface area contributed by atoms with E-state index < -0.39 is 5.92 Å². The van der Waals surface area contributed by atoms with Crippen molar-refractivity contribution in [2.75, 3.05) is 13.1 Å². The Morgan fingerprint density at radius 1 is 1.43 bits per heavy atom. The number of hydrogen-bond acceptors (Lipinski definition) is 2. The van der Waals surface area contributed by atoms with E-state index in [0.717, 1.165) is 13.0 Å². The topological polar surface area (TPSA) is 50.4 Å². The smallest absolute Gasteiger partial charge is 0.248 e. The summed E-state index contributed by atoms with van der Waals surface area (Å²) in [5, 5.41) is 5.11. The summed E-state index contributed by atoms with van der Waals surface area (Å²) >= 11 is 1.72. The van der Waals surface area contributed by atoms with Gasteiger partial charge >= 0.3 is 0 Å². The fraction of sp³-hybridized carbons (Fsp3) is 0.643. The highest BCUT2D eigenvalue weighted by Gasteiger charge is 2.34. The van der Waals surface area contributed by atoms with E-state index in [2.05, 4.69) is 16.4 Å². The van der Waals surface area contributed by atoms with Gasteiger partial charge in [-0.25, -0.2) is 8.78 Å². The van der Waals surface area contributed by atoms with Gasteiger partial charge in [0.1, 0.15) is 0 Å². The van der Waals surface area contributed by atoms with Crippen molar-refractivity contribution in [1.82, 2.24) is 5.32 Å². The van der Waals surface area contributed by atoms with E-state index in [1.54, 1.807) is 11.3 Å². The summed E-state index contributed by atoms with van der Waals surface area (Å²) in [7, 11) is 0. The molecule has 0 aliphatic heterocycles. The molecule has 0 spiro atoms. The lowest BCUT2D eigenvalue weighted by Gasteiger charge is -2.27. The van der Waals surface area contributed by atoms with Gasteiger partial charge in [-0.1, -0.05) is 6.07 Å². The van der Waals surface area contributed by atoms with Crippen molar-refractivity contribution in [2.45, 2.75) is 38.0 Å². The van der Waals surface area contributed by atoms with Crippen LogP contribution in [0.1, 0.15) is 30.6 Å². The lowest BCUT2D eigenvalue weighted by atomic mass is 9.87. The van der Waals surface area contributed by atoms with E-state index in [1.165, 1.54) is 4.88 Å². The monoisotopic (exact) mass is 429 g/mol. The summed E-state index contributed by atoms with van der Waals surface area (Å²) in [5.41, 5.74) is 5.78. The second kappa shape index (κ2) is 8.87. The molecule has 3 N–H and O–H groups in total. The van der Waals surface area contributed by atoms with Crippen LogP contribution in [0.4, 0.5) is 8.78 Å². The standard InChI is InChI=1S/C14H21F2N3S.HI/c15-14(16)6-3-11(4-7-14)10-19-13(17)18-8-5-12-2-1-9-20-12;/h1-2,9,11H,3-8,10H2,(H3,17,18,19);1H. The number of hydrogen-bond donors (Lipinski definition) is 2. The molecule has 2 rings (SSSR count). The molecule has 21 heavy (non-hydrogen) atoms. The average molecular weight is 429 g/mol. The van der Waals surface area contributed by atoms with Crippen LogP contribution in [0.2, 0.25) is 0 Å². The molecule has 1 fully saturated rings. The number of rotatable bonds is 5. The van der Waals surface area contributed by atoms with E-state index in [0.29, 0.717) is 25.3 Å². The Hall–Kier alpha value is -0.440. The molecule has 1 aliphatic rings. The maximum atomic E-state index is 13.0. The molecule has 1 aliphatic carbocycles. The van der Waals surface area contributed by atoms with Gasteiger partial charge in [0.25, 0.3) is 0 Å². The van der Waals surface area contributed by atoms with Gasteiger partial charge in [-0.3, -0.25) is 4.99 Å². The van der Waals surface area contributed by atoms with Crippen molar-refractivity contribution < 1.29 is 8.78 Å². The number of nitrogens with two attached hydrogens (primary N) is 1. The van der Waals surface area contributed by atoms with E-state index in [-0.39, 0.29) is 42.7 Å². The maximum absolute atomic E-state index is 13.0. The Morgan fingerprint density at radius 2 is 2.14 bits per heavy atom. The number of halogens is 3. The molecule has 7 heteroatoms. The van der Waals surface area contributed by atoms with Crippen LogP contribution in [-0.2, 0) is 6.42 Å². The van der Waals surface area contributed by atoms with Gasteiger partial charge < -0.3 is 11.1 Å². The van der Waals surface area contributed by atoms with Crippen LogP contribution < -0.4 is 11.1 Å². The molecule has 1 heterocycles. The predicted octanol–water partition coefficient (Wildman–Crippen LogP) is 3.64. The van der Waals surface area contributed by atoms with Gasteiger partial charge in [0.2, 0.25) is 5.92 Å². The highest BCUT2D eigenvalue weighted by atomic mass is 127. The van der Waals surface area contributed by atoms with Gasteiger partial charge in [0.15, 0.2) is 5.96 Å². The largest absolute Gasteiger partial charge is 0.370 e. The van der Waals surface area contributed by atoms with Gasteiger partial charge in [-0.15, -0.1) is 35.3 Å². The third-order valence-corrected chi connectivity index (χ3v) is 4.55. The van der Waals surface area contributed by atoms with Crippen molar-refractivity contribution in [3.63, 3.8) is 0 Å². The van der Waals surface area contributed by atoms with Crippen LogP contribution in [0, 0.1) is 5.92 Å². The molecule has 0 amide bonds. The minimum atomic E-state index is -2.47. The average Bonchev–Trinajstić information content (AvgIpc) is 2.91. The first kappa shape index (κ1) is 18.6. The quantitative estimate of drug-likeness (QED) is 0.427. The number of nitrogens with one attached hydrogen (secondary N) is 1. The fourth-order valence-electron chi connectivity index (χ4n) is 2.33. The van der Waals surface area contributed by atoms with Crippen molar-refractivity contribution in [3.05, 3.63) is 22.4 Å². The Morgan fingerprint density at radius 3 is 2.76 bits per heavy atom. The second-order valence-electron chi connectivity index (χ2n) is 5.28. The zero-order valence-electron chi connectivity index (χ0n) is 11.9. The van der Waals surface area contributed by atoms with Crippen LogP contribution in [-0.4, -0.2) is 25.0 Å². The van der Waals surface area contributed by atoms with E-state index in [4.69, 9.17) is 5.73 Å². The highest BCUT2D eigenvalue weighted by molar-refractivity contribution is 14.0. The molecule has 0 unspecified atom stereocenters. The zero-order valence-corrected chi connectivity index (χ0v) is 15.0. The molecular weight excluding hydrogens is 407 g/mol. The molecule has 1 saturated carbocycles. The van der Waals surface area contributed by atoms with Crippen LogP contribution in [0.15, 0.2) is 22.5 Å². The van der Waals surface area contributed by atoms with Crippen molar-refractivity contribution in [3.8, 4) is 0 Å². The second-order valence-corrected chi connectivity index (χ2v) is 6.31. The normalized spacial score (nSPS) is 19.0. The number of alkyl halides is 2. The molecule has 0 saturated heterocycles. The van der Waals surface area contributed by atoms with E-state index in [1.807, 2.05) is 11.4 Å². The van der Waals surface area contributed by atoms with Gasteiger partial charge in [0.05, 0.1) is 0 Å². The Labute approximate surface area is 145 Å². The molecule has 0 aromatic carbocycles. The van der Waals surface area contributed by atoms with Gasteiger partial charge in [-0.2, -0.15) is 0 Å². The van der Waals surface area contributed by atoms with Crippen LogP contribution >= 0.6 is 35.3 Å². The van der Waals surface area contributed by atoms with Crippen LogP contribution in [0.3, 0.4) is 0 Å². The molecule has 120 valence electrons. The summed E-state index contributed by atoms with van der Waals surface area (Å²) in [6, 6.07) is 4.11. The summed E-state index contributed by atoms with van der Waals surface area (Å²) in [6.07, 6.45) is 1.97. The third-order valence-electron chi connectivity index (χ3n) is 3.61. The lowest BCUT2D eigenvalue weighted by Crippen LogP contribution is -2.34. The fourth-order valence-corrected chi connectivity index (χ4v) is 3.04. The number of thiophene rings is 1. The summed E-state index contributed by atoms with van der Waals surface area (Å²) in [5.74, 6) is -1.81. The number of guanidine groups is 1. The van der Waals surface area contributed by atoms with Crippen LogP contribution in [0.25, 0.3) is 0 Å². The molecule has 1 aromatic rings. The van der Waals surface area contributed by atoms with E-state index in [9.17, 15) is 8.78 Å². The minimum absolute atomic E-state index is 0. The molecular formula is C14H22F2IN3S. The minimum Gasteiger partial charge on any atom is -0.370 e. The molecule has 1 aromatic heterocycles. The first-order valence-electron chi connectivity index (χ1n) is 6.99. The number of aliphatic imine (C=N–C) groups is 1. The number of nitrogens with zero attached hydrogens (tertiary/aromatic N) is 1. The Balaban J connectivity index is 0.00000220. The van der Waals surface area contributed by atoms with Crippen LogP contribution in [0.5, 0.6) is 0 Å². The summed E-state index contributed by atoms with van der Waals surface area (Å²) in [4.78, 5) is 5.56. The van der Waals surface area contributed by atoms with Crippen molar-refractivity contribution >= 4 is 41.3 Å². The molecule has 0 bridgehead atoms. The Kier molecular flexibility index (Phi) is 7.86. The SMILES string of the molecule is I.NC(=NCC1CCC(F)(F)CC1)NCCc1cccs1. The maximum Gasteiger partial charge on any atom is 0.248 e. The zero-order chi connectivity index (χ0) is 14.4. The first-order chi connectivity index (χ1) is 9.55. The lowest BCUT2D eigenvalue weighted by molar-refractivity contribution is -0.0446. The van der Waals surface area contributed by atoms with Gasteiger partial charge in [-0.05, 0) is 36.6 Å².